The van der Waals surface area contributed by atoms with E-state index < -0.39 is 0 Å². The van der Waals surface area contributed by atoms with E-state index in [1.54, 1.807) is 17.8 Å². The molecule has 0 bridgehead atoms. The molecule has 0 spiro atoms. The molecule has 0 atom stereocenters. The molecular weight excluding hydrogens is 291 g/mol. The van der Waals surface area contributed by atoms with Crippen molar-refractivity contribution < 1.29 is 0 Å². The Labute approximate surface area is 111 Å². The molecule has 0 saturated heterocycles. The second kappa shape index (κ2) is 4.79. The van der Waals surface area contributed by atoms with Crippen molar-refractivity contribution in [1.29, 1.82) is 0 Å². The van der Waals surface area contributed by atoms with Gasteiger partial charge in [0.2, 0.25) is 0 Å². The van der Waals surface area contributed by atoms with Crippen LogP contribution >= 0.6 is 46.6 Å². The Bertz CT molecular complexity index is 528. The number of rotatable bonds is 2. The average molecular weight is 296 g/mol. The molecule has 0 unspecified atom stereocenters. The van der Waals surface area contributed by atoms with Crippen molar-refractivity contribution in [3.63, 3.8) is 0 Å². The van der Waals surface area contributed by atoms with Crippen LogP contribution in [0.1, 0.15) is 0 Å². The van der Waals surface area contributed by atoms with E-state index in [-0.39, 0.29) is 5.15 Å². The molecule has 8 heteroatoms. The van der Waals surface area contributed by atoms with E-state index in [4.69, 9.17) is 34.8 Å². The largest absolute Gasteiger partial charge is 0.244 e. The van der Waals surface area contributed by atoms with Gasteiger partial charge in [0.25, 0.3) is 0 Å². The Balaban J connectivity index is 2.35. The number of aryl methyl sites for hydroxylation is 1. The minimum atomic E-state index is 0.218. The van der Waals surface area contributed by atoms with Gasteiger partial charge in [-0.3, -0.25) is 0 Å². The number of hydrogen-bond acceptors (Lipinski definition) is 4. The molecule has 0 aliphatic rings. The quantitative estimate of drug-likeness (QED) is 0.797. The number of hydrogen-bond donors (Lipinski definition) is 0. The summed E-state index contributed by atoms with van der Waals surface area (Å²) in [5.74, 6) is 0. The third-order valence-electron chi connectivity index (χ3n) is 1.71. The van der Waals surface area contributed by atoms with E-state index in [2.05, 4.69) is 15.1 Å². The topological polar surface area (TPSA) is 43.6 Å². The van der Waals surface area contributed by atoms with Crippen molar-refractivity contribution in [3.8, 4) is 0 Å². The smallest absolute Gasteiger partial charge is 0.192 e. The summed E-state index contributed by atoms with van der Waals surface area (Å²) in [6, 6.07) is 1.55. The molecule has 2 heterocycles. The highest BCUT2D eigenvalue weighted by molar-refractivity contribution is 7.99. The third-order valence-corrected chi connectivity index (χ3v) is 3.84. The van der Waals surface area contributed by atoms with Crippen LogP contribution in [0.3, 0.4) is 0 Å². The molecule has 84 valence electrons. The molecule has 0 aliphatic heterocycles. The fourth-order valence-electron chi connectivity index (χ4n) is 0.965. The van der Waals surface area contributed by atoms with Crippen molar-refractivity contribution in [1.82, 2.24) is 19.7 Å². The molecule has 2 aromatic rings. The second-order valence-corrected chi connectivity index (χ2v) is 4.94. The molecule has 0 radical (unpaired) electrons. The zero-order valence-corrected chi connectivity index (χ0v) is 11.1. The molecule has 0 saturated carbocycles. The molecule has 4 nitrogen and oxygen atoms in total. The maximum absolute atomic E-state index is 5.99. The van der Waals surface area contributed by atoms with Crippen molar-refractivity contribution in [3.05, 3.63) is 27.6 Å². The number of halogens is 3. The van der Waals surface area contributed by atoms with Gasteiger partial charge in [-0.2, -0.15) is 5.10 Å². The lowest BCUT2D eigenvalue weighted by Crippen LogP contribution is -1.93. The van der Waals surface area contributed by atoms with E-state index in [9.17, 15) is 0 Å². The Hall–Kier alpha value is -0.490. The van der Waals surface area contributed by atoms with Gasteiger partial charge in [-0.15, -0.1) is 0 Å². The maximum Gasteiger partial charge on any atom is 0.192 e. The lowest BCUT2D eigenvalue weighted by atomic mass is 10.5. The molecule has 0 N–H and O–H groups in total. The summed E-state index contributed by atoms with van der Waals surface area (Å²) >= 11 is 18.8. The summed E-state index contributed by atoms with van der Waals surface area (Å²) < 4.78 is 1.62. The van der Waals surface area contributed by atoms with Crippen LogP contribution in [0.4, 0.5) is 0 Å². The number of aromatic nitrogens is 4. The Morgan fingerprint density at radius 3 is 2.62 bits per heavy atom. The minimum Gasteiger partial charge on any atom is -0.244 e. The van der Waals surface area contributed by atoms with Crippen molar-refractivity contribution in [2.45, 2.75) is 10.2 Å². The Kier molecular flexibility index (Phi) is 3.59. The standard InChI is InChI=1S/C8H5Cl3N4S/c1-15-8(12-3-13-15)16-7-5(10)2-4(9)6(11)14-7/h2-3H,1H3. The normalized spacial score (nSPS) is 10.8. The first kappa shape index (κ1) is 12.0. The molecule has 2 aromatic heterocycles. The lowest BCUT2D eigenvalue weighted by molar-refractivity contribution is 0.684. The van der Waals surface area contributed by atoms with Crippen molar-refractivity contribution >= 4 is 46.6 Å². The molecule has 0 aromatic carbocycles. The molecule has 16 heavy (non-hydrogen) atoms. The predicted octanol–water partition coefficient (Wildman–Crippen LogP) is 3.32. The maximum atomic E-state index is 5.99. The van der Waals surface area contributed by atoms with E-state index in [0.29, 0.717) is 20.2 Å². The average Bonchev–Trinajstić information content (AvgIpc) is 2.61. The van der Waals surface area contributed by atoms with E-state index in [1.165, 1.54) is 18.1 Å². The summed E-state index contributed by atoms with van der Waals surface area (Å²) in [5, 5.41) is 6.14. The summed E-state index contributed by atoms with van der Waals surface area (Å²) in [4.78, 5) is 8.12. The highest BCUT2D eigenvalue weighted by atomic mass is 35.5. The third kappa shape index (κ3) is 2.43. The zero-order chi connectivity index (χ0) is 11.7. The van der Waals surface area contributed by atoms with E-state index in [0.717, 1.165) is 0 Å². The van der Waals surface area contributed by atoms with Gasteiger partial charge in [-0.1, -0.05) is 34.8 Å². The van der Waals surface area contributed by atoms with Gasteiger partial charge in [0.05, 0.1) is 10.0 Å². The molecule has 0 amide bonds. The predicted molar refractivity (Wildman–Crippen MR) is 64.4 cm³/mol. The van der Waals surface area contributed by atoms with Gasteiger partial charge in [-0.25, -0.2) is 14.6 Å². The van der Waals surface area contributed by atoms with Crippen LogP contribution in [0.2, 0.25) is 15.2 Å². The van der Waals surface area contributed by atoms with E-state index in [1.807, 2.05) is 0 Å². The number of nitrogens with zero attached hydrogens (tertiary/aromatic N) is 4. The summed E-state index contributed by atoms with van der Waals surface area (Å²) in [6.07, 6.45) is 1.45. The molecule has 2 rings (SSSR count). The SMILES string of the molecule is Cn1ncnc1Sc1nc(Cl)c(Cl)cc1Cl. The monoisotopic (exact) mass is 294 g/mol. The highest BCUT2D eigenvalue weighted by Gasteiger charge is 2.11. The summed E-state index contributed by atoms with van der Waals surface area (Å²) in [6.45, 7) is 0. The molecule has 0 fully saturated rings. The van der Waals surface area contributed by atoms with Crippen LogP contribution in [0.15, 0.2) is 22.6 Å². The summed E-state index contributed by atoms with van der Waals surface area (Å²) in [7, 11) is 1.78. The van der Waals surface area contributed by atoms with Crippen LogP contribution < -0.4 is 0 Å². The van der Waals surface area contributed by atoms with Crippen LogP contribution in [0.25, 0.3) is 0 Å². The van der Waals surface area contributed by atoms with Gasteiger partial charge < -0.3 is 0 Å². The van der Waals surface area contributed by atoms with Gasteiger partial charge in [0.15, 0.2) is 5.16 Å². The summed E-state index contributed by atoms with van der Waals surface area (Å²) in [5.41, 5.74) is 0. The molecule has 0 aliphatic carbocycles. The van der Waals surface area contributed by atoms with Crippen LogP contribution in [-0.4, -0.2) is 19.7 Å². The first-order chi connectivity index (χ1) is 7.58. The minimum absolute atomic E-state index is 0.218. The highest BCUT2D eigenvalue weighted by Crippen LogP contribution is 2.34. The van der Waals surface area contributed by atoms with Gasteiger partial charge in [0.1, 0.15) is 16.5 Å². The number of pyridine rings is 1. The Morgan fingerprint density at radius 1 is 1.25 bits per heavy atom. The van der Waals surface area contributed by atoms with Crippen LogP contribution in [-0.2, 0) is 7.05 Å². The molecular formula is C8H5Cl3N4S. The van der Waals surface area contributed by atoms with Crippen molar-refractivity contribution in [2.75, 3.05) is 0 Å². The first-order valence-electron chi connectivity index (χ1n) is 4.11. The van der Waals surface area contributed by atoms with Gasteiger partial charge in [-0.05, 0) is 17.8 Å². The van der Waals surface area contributed by atoms with Gasteiger partial charge in [0, 0.05) is 7.05 Å². The second-order valence-electron chi connectivity index (χ2n) is 2.82. The lowest BCUT2D eigenvalue weighted by Gasteiger charge is -2.03. The van der Waals surface area contributed by atoms with Crippen LogP contribution in [0.5, 0.6) is 0 Å². The fourth-order valence-corrected chi connectivity index (χ4v) is 2.37. The van der Waals surface area contributed by atoms with Crippen molar-refractivity contribution in [2.24, 2.45) is 7.05 Å². The van der Waals surface area contributed by atoms with Gasteiger partial charge >= 0.3 is 0 Å². The Morgan fingerprint density at radius 2 is 2.00 bits per heavy atom. The zero-order valence-electron chi connectivity index (χ0n) is 7.99. The van der Waals surface area contributed by atoms with Crippen LogP contribution in [0, 0.1) is 0 Å². The van der Waals surface area contributed by atoms with E-state index >= 15 is 0 Å². The first-order valence-corrected chi connectivity index (χ1v) is 6.06. The fraction of sp³-hybridized carbons (Fsp3) is 0.125.